The molecular weight excluding hydrogens is 286 g/mol. The summed E-state index contributed by atoms with van der Waals surface area (Å²) in [6, 6.07) is 15.6. The lowest BCUT2D eigenvalue weighted by molar-refractivity contribution is 0.686. The Labute approximate surface area is 126 Å². The van der Waals surface area contributed by atoms with Crippen molar-refractivity contribution in [3.63, 3.8) is 0 Å². The van der Waals surface area contributed by atoms with Crippen LogP contribution in [0, 0.1) is 13.5 Å². The lowest BCUT2D eigenvalue weighted by Gasteiger charge is -2.07. The van der Waals surface area contributed by atoms with Crippen molar-refractivity contribution in [1.29, 1.82) is 0 Å². The molecule has 0 spiro atoms. The van der Waals surface area contributed by atoms with Gasteiger partial charge in [0.05, 0.1) is 0 Å². The molecule has 2 aromatic carbocycles. The number of nitrogens with zero attached hydrogens (tertiary/aromatic N) is 1. The fourth-order valence-electron chi connectivity index (χ4n) is 1.76. The molecule has 2 rings (SSSR count). The Morgan fingerprint density at radius 2 is 1.90 bits per heavy atom. The van der Waals surface area contributed by atoms with Crippen LogP contribution < -0.4 is 0 Å². The van der Waals surface area contributed by atoms with Crippen LogP contribution in [0.1, 0.15) is 16.5 Å². The maximum atomic E-state index is 11.5. The topological polar surface area (TPSA) is 21.4 Å². The predicted octanol–water partition coefficient (Wildman–Crippen LogP) is 4.44. The summed E-state index contributed by atoms with van der Waals surface area (Å²) in [5, 5.41) is -0.304. The standard InChI is InChI=1S/C16H15NOS2/c1-12-7-9-14(10-8-12)19-16(17-2)13-5-4-6-15(11-13)20(3)18/h4-11,16H,1,3H3. The van der Waals surface area contributed by atoms with E-state index in [2.05, 4.69) is 4.85 Å². The fourth-order valence-corrected chi connectivity index (χ4v) is 3.22. The highest BCUT2D eigenvalue weighted by molar-refractivity contribution is 7.99. The molecule has 0 aliphatic heterocycles. The highest BCUT2D eigenvalue weighted by atomic mass is 32.2. The first kappa shape index (κ1) is 14.8. The molecule has 0 aliphatic carbocycles. The maximum absolute atomic E-state index is 11.5. The van der Waals surface area contributed by atoms with Gasteiger partial charge in [-0.2, -0.15) is 0 Å². The Kier molecular flexibility index (Phi) is 4.99. The first-order valence-corrected chi connectivity index (χ1v) is 8.57. The molecule has 0 saturated carbocycles. The SMILES string of the molecule is [C-]#[N+]C(Sc1ccc(C)cc1)c1cccc(S(C)=O)c1. The van der Waals surface area contributed by atoms with Gasteiger partial charge in [0.2, 0.25) is 0 Å². The highest BCUT2D eigenvalue weighted by Crippen LogP contribution is 2.36. The third kappa shape index (κ3) is 3.72. The molecule has 0 radical (unpaired) electrons. The quantitative estimate of drug-likeness (QED) is 0.615. The molecule has 0 bridgehead atoms. The first-order chi connectivity index (χ1) is 9.60. The Bertz CT molecular complexity index is 659. The van der Waals surface area contributed by atoms with E-state index in [0.717, 1.165) is 15.4 Å². The average Bonchev–Trinajstić information content (AvgIpc) is 2.46. The number of benzene rings is 2. The van der Waals surface area contributed by atoms with Crippen molar-refractivity contribution in [1.82, 2.24) is 0 Å². The number of hydrogen-bond donors (Lipinski definition) is 0. The van der Waals surface area contributed by atoms with Gasteiger partial charge in [0, 0.05) is 32.4 Å². The van der Waals surface area contributed by atoms with Crippen LogP contribution >= 0.6 is 11.8 Å². The van der Waals surface area contributed by atoms with Gasteiger partial charge < -0.3 is 0 Å². The minimum Gasteiger partial charge on any atom is -0.296 e. The molecule has 2 aromatic rings. The monoisotopic (exact) mass is 301 g/mol. The van der Waals surface area contributed by atoms with Crippen molar-refractivity contribution in [2.45, 2.75) is 22.1 Å². The van der Waals surface area contributed by atoms with Crippen LogP contribution in [0.5, 0.6) is 0 Å². The van der Waals surface area contributed by atoms with Gasteiger partial charge >= 0.3 is 0 Å². The van der Waals surface area contributed by atoms with Crippen LogP contribution in [0.4, 0.5) is 0 Å². The molecule has 0 saturated heterocycles. The summed E-state index contributed by atoms with van der Waals surface area (Å²) in [6.45, 7) is 9.44. The van der Waals surface area contributed by atoms with E-state index in [1.165, 1.54) is 17.3 Å². The molecule has 2 nitrogen and oxygen atoms in total. The summed E-state index contributed by atoms with van der Waals surface area (Å²) < 4.78 is 11.5. The summed E-state index contributed by atoms with van der Waals surface area (Å²) in [5.74, 6) is 0. The average molecular weight is 301 g/mol. The van der Waals surface area contributed by atoms with Gasteiger partial charge in [0.1, 0.15) is 0 Å². The summed E-state index contributed by atoms with van der Waals surface area (Å²) in [4.78, 5) is 5.52. The molecule has 2 atom stereocenters. The lowest BCUT2D eigenvalue weighted by atomic mass is 10.2. The van der Waals surface area contributed by atoms with E-state index in [-0.39, 0.29) is 5.37 Å². The van der Waals surface area contributed by atoms with E-state index >= 15 is 0 Å². The molecule has 0 N–H and O–H groups in total. The fraction of sp³-hybridized carbons (Fsp3) is 0.188. The zero-order chi connectivity index (χ0) is 14.5. The van der Waals surface area contributed by atoms with Crippen molar-refractivity contribution in [3.05, 3.63) is 71.1 Å². The molecule has 4 heteroatoms. The molecule has 2 unspecified atom stereocenters. The molecule has 102 valence electrons. The van der Waals surface area contributed by atoms with Gasteiger partial charge in [-0.3, -0.25) is 9.05 Å². The van der Waals surface area contributed by atoms with E-state index in [0.29, 0.717) is 0 Å². The minimum absolute atomic E-state index is 0.304. The molecule has 20 heavy (non-hydrogen) atoms. The van der Waals surface area contributed by atoms with Gasteiger partial charge in [0.15, 0.2) is 0 Å². The summed E-state index contributed by atoms with van der Waals surface area (Å²) >= 11 is 1.52. The first-order valence-electron chi connectivity index (χ1n) is 6.13. The van der Waals surface area contributed by atoms with E-state index in [1.54, 1.807) is 6.26 Å². The van der Waals surface area contributed by atoms with Crippen LogP contribution in [-0.2, 0) is 10.8 Å². The van der Waals surface area contributed by atoms with Crippen LogP contribution in [0.2, 0.25) is 0 Å². The smallest absolute Gasteiger partial charge is 0.296 e. The lowest BCUT2D eigenvalue weighted by Crippen LogP contribution is -1.93. The van der Waals surface area contributed by atoms with Gasteiger partial charge in [0.25, 0.3) is 5.37 Å². The zero-order valence-electron chi connectivity index (χ0n) is 11.4. The summed E-state index contributed by atoms with van der Waals surface area (Å²) in [5.41, 5.74) is 2.11. The highest BCUT2D eigenvalue weighted by Gasteiger charge is 2.18. The molecular formula is C16H15NOS2. The van der Waals surface area contributed by atoms with Crippen LogP contribution in [0.3, 0.4) is 0 Å². The number of rotatable bonds is 4. The molecule has 0 amide bonds. The predicted molar refractivity (Wildman–Crippen MR) is 85.2 cm³/mol. The van der Waals surface area contributed by atoms with Gasteiger partial charge in [-0.15, -0.1) is 0 Å². The zero-order valence-corrected chi connectivity index (χ0v) is 13.0. The summed E-state index contributed by atoms with van der Waals surface area (Å²) in [7, 11) is -1.02. The number of aryl methyl sites for hydroxylation is 1. The Morgan fingerprint density at radius 1 is 1.20 bits per heavy atom. The van der Waals surface area contributed by atoms with Crippen molar-refractivity contribution >= 4 is 22.6 Å². The Hall–Kier alpha value is -1.57. The van der Waals surface area contributed by atoms with Crippen molar-refractivity contribution < 1.29 is 4.21 Å². The van der Waals surface area contributed by atoms with E-state index in [9.17, 15) is 4.21 Å². The van der Waals surface area contributed by atoms with Crippen molar-refractivity contribution in [3.8, 4) is 0 Å². The van der Waals surface area contributed by atoms with E-state index in [1.807, 2.05) is 55.5 Å². The third-order valence-electron chi connectivity index (χ3n) is 2.86. The minimum atomic E-state index is -1.02. The summed E-state index contributed by atoms with van der Waals surface area (Å²) in [6.07, 6.45) is 1.65. The number of hydrogen-bond acceptors (Lipinski definition) is 2. The van der Waals surface area contributed by atoms with Crippen LogP contribution in [0.25, 0.3) is 4.85 Å². The van der Waals surface area contributed by atoms with Crippen LogP contribution in [0.15, 0.2) is 58.3 Å². The van der Waals surface area contributed by atoms with Crippen molar-refractivity contribution in [2.75, 3.05) is 6.26 Å². The normalized spacial score (nSPS) is 13.4. The van der Waals surface area contributed by atoms with E-state index in [4.69, 9.17) is 6.57 Å². The number of thioether (sulfide) groups is 1. The maximum Gasteiger partial charge on any atom is 0.298 e. The second kappa shape index (κ2) is 6.74. The second-order valence-electron chi connectivity index (χ2n) is 4.44. The Balaban J connectivity index is 2.24. The second-order valence-corrected chi connectivity index (χ2v) is 6.97. The van der Waals surface area contributed by atoms with Gasteiger partial charge in [-0.05, 0) is 43.0 Å². The van der Waals surface area contributed by atoms with Gasteiger partial charge in [-0.1, -0.05) is 29.8 Å². The molecule has 0 fully saturated rings. The van der Waals surface area contributed by atoms with E-state index < -0.39 is 10.8 Å². The molecule has 0 aliphatic rings. The molecule has 0 heterocycles. The van der Waals surface area contributed by atoms with Gasteiger partial charge in [-0.25, -0.2) is 6.57 Å². The largest absolute Gasteiger partial charge is 0.298 e. The Morgan fingerprint density at radius 3 is 2.50 bits per heavy atom. The van der Waals surface area contributed by atoms with Crippen LogP contribution in [-0.4, -0.2) is 10.5 Å². The van der Waals surface area contributed by atoms with Crippen molar-refractivity contribution in [2.24, 2.45) is 0 Å². The molecule has 0 aromatic heterocycles. The third-order valence-corrected chi connectivity index (χ3v) is 4.92.